The minimum atomic E-state index is -0.245. The minimum Gasteiger partial charge on any atom is -0.378 e. The van der Waals surface area contributed by atoms with Crippen LogP contribution in [0.1, 0.15) is 38.5 Å². The predicted molar refractivity (Wildman–Crippen MR) is 73.1 cm³/mol. The van der Waals surface area contributed by atoms with Gasteiger partial charge in [-0.05, 0) is 12.8 Å². The molecule has 0 aromatic heterocycles. The van der Waals surface area contributed by atoms with Gasteiger partial charge in [-0.3, -0.25) is 4.79 Å². The van der Waals surface area contributed by atoms with Crippen molar-refractivity contribution in [3.63, 3.8) is 0 Å². The molecule has 1 atom stereocenters. The summed E-state index contributed by atoms with van der Waals surface area (Å²) in [5.41, 5.74) is -0.245. The van der Waals surface area contributed by atoms with Crippen LogP contribution >= 0.6 is 0 Å². The fourth-order valence-corrected chi connectivity index (χ4v) is 2.89. The number of nitrogens with one attached hydrogen (secondary N) is 2. The van der Waals surface area contributed by atoms with Gasteiger partial charge >= 0.3 is 0 Å². The average molecular weight is 270 g/mol. The molecule has 1 aliphatic carbocycles. The molecule has 0 aromatic carbocycles. The Morgan fingerprint density at radius 3 is 2.79 bits per heavy atom. The van der Waals surface area contributed by atoms with E-state index < -0.39 is 0 Å². The maximum atomic E-state index is 11.8. The Kier molecular flexibility index (Phi) is 5.60. The number of amides is 1. The normalized spacial score (nSPS) is 28.5. The predicted octanol–water partition coefficient (Wildman–Crippen LogP) is 0.830. The molecule has 1 saturated carbocycles. The molecule has 5 nitrogen and oxygen atoms in total. The smallest absolute Gasteiger partial charge is 0.234 e. The lowest BCUT2D eigenvalue weighted by Gasteiger charge is -2.26. The van der Waals surface area contributed by atoms with Gasteiger partial charge in [0.1, 0.15) is 5.60 Å². The second kappa shape index (κ2) is 7.22. The first-order valence-corrected chi connectivity index (χ1v) is 7.37. The van der Waals surface area contributed by atoms with E-state index in [0.717, 1.165) is 25.9 Å². The Balaban J connectivity index is 1.63. The van der Waals surface area contributed by atoms with Crippen LogP contribution in [0.25, 0.3) is 0 Å². The van der Waals surface area contributed by atoms with Gasteiger partial charge in [0.25, 0.3) is 0 Å². The van der Waals surface area contributed by atoms with E-state index in [1.54, 1.807) is 7.11 Å². The zero-order chi connectivity index (χ0) is 13.6. The summed E-state index contributed by atoms with van der Waals surface area (Å²) in [4.78, 5) is 11.8. The Morgan fingerprint density at radius 1 is 1.37 bits per heavy atom. The lowest BCUT2D eigenvalue weighted by atomic mass is 9.95. The Morgan fingerprint density at radius 2 is 2.16 bits per heavy atom. The number of hydrogen-bond donors (Lipinski definition) is 2. The quantitative estimate of drug-likeness (QED) is 0.750. The minimum absolute atomic E-state index is 0.0945. The number of rotatable bonds is 6. The Bertz CT molecular complexity index is 284. The maximum Gasteiger partial charge on any atom is 0.234 e. The molecule has 1 aliphatic heterocycles. The van der Waals surface area contributed by atoms with Gasteiger partial charge in [-0.1, -0.05) is 19.3 Å². The molecule has 1 amide bonds. The van der Waals surface area contributed by atoms with Gasteiger partial charge in [0, 0.05) is 32.7 Å². The molecule has 0 bridgehead atoms. The van der Waals surface area contributed by atoms with Crippen LogP contribution in [0.5, 0.6) is 0 Å². The molecular formula is C14H26N2O3. The summed E-state index contributed by atoms with van der Waals surface area (Å²) in [6, 6.07) is 0.384. The highest BCUT2D eigenvalue weighted by atomic mass is 16.5. The summed E-state index contributed by atoms with van der Waals surface area (Å²) in [5, 5.41) is 6.29. The molecule has 1 unspecified atom stereocenters. The second-order valence-electron chi connectivity index (χ2n) is 5.70. The van der Waals surface area contributed by atoms with Crippen LogP contribution in [0.3, 0.4) is 0 Å². The average Bonchev–Trinajstić information content (AvgIpc) is 2.89. The molecule has 0 aromatic rings. The van der Waals surface area contributed by atoms with Gasteiger partial charge in [0.15, 0.2) is 0 Å². The number of ether oxygens (including phenoxy) is 2. The molecule has 1 saturated heterocycles. The van der Waals surface area contributed by atoms with E-state index in [4.69, 9.17) is 9.47 Å². The topological polar surface area (TPSA) is 59.6 Å². The molecule has 2 aliphatic rings. The molecule has 2 fully saturated rings. The first-order valence-electron chi connectivity index (χ1n) is 7.37. The van der Waals surface area contributed by atoms with Crippen molar-refractivity contribution in [3.8, 4) is 0 Å². The van der Waals surface area contributed by atoms with E-state index >= 15 is 0 Å². The van der Waals surface area contributed by atoms with E-state index in [-0.39, 0.29) is 11.5 Å². The number of hydrogen-bond acceptors (Lipinski definition) is 4. The van der Waals surface area contributed by atoms with Crippen molar-refractivity contribution in [2.45, 2.75) is 50.2 Å². The molecule has 0 radical (unpaired) electrons. The summed E-state index contributed by atoms with van der Waals surface area (Å²) in [6.07, 6.45) is 6.93. The number of methoxy groups -OCH3 is 1. The van der Waals surface area contributed by atoms with Crippen LogP contribution in [0.4, 0.5) is 0 Å². The van der Waals surface area contributed by atoms with Crippen molar-refractivity contribution in [1.82, 2.24) is 10.6 Å². The molecule has 110 valence electrons. The van der Waals surface area contributed by atoms with E-state index in [9.17, 15) is 4.79 Å². The molecular weight excluding hydrogens is 244 g/mol. The summed E-state index contributed by atoms with van der Waals surface area (Å²) < 4.78 is 10.9. The number of carbonyl (C=O) groups is 1. The van der Waals surface area contributed by atoms with Gasteiger partial charge in [0.2, 0.25) is 5.91 Å². The van der Waals surface area contributed by atoms with Crippen LogP contribution < -0.4 is 10.6 Å². The lowest BCUT2D eigenvalue weighted by molar-refractivity contribution is -0.121. The van der Waals surface area contributed by atoms with Gasteiger partial charge in [0.05, 0.1) is 13.2 Å². The fraction of sp³-hybridized carbons (Fsp3) is 0.929. The molecule has 0 spiro atoms. The van der Waals surface area contributed by atoms with E-state index in [0.29, 0.717) is 25.7 Å². The Hall–Kier alpha value is -0.650. The van der Waals surface area contributed by atoms with Crippen LogP contribution in [0.15, 0.2) is 0 Å². The van der Waals surface area contributed by atoms with E-state index in [1.165, 1.54) is 19.3 Å². The fourth-order valence-electron chi connectivity index (χ4n) is 2.89. The first kappa shape index (κ1) is 14.8. The summed E-state index contributed by atoms with van der Waals surface area (Å²) in [7, 11) is 1.71. The first-order chi connectivity index (χ1) is 9.24. The van der Waals surface area contributed by atoms with Crippen molar-refractivity contribution in [1.29, 1.82) is 0 Å². The highest BCUT2D eigenvalue weighted by Crippen LogP contribution is 2.21. The summed E-state index contributed by atoms with van der Waals surface area (Å²) in [6.45, 7) is 2.38. The monoisotopic (exact) mass is 270 g/mol. The van der Waals surface area contributed by atoms with Crippen LogP contribution in [-0.2, 0) is 14.3 Å². The van der Waals surface area contributed by atoms with Crippen molar-refractivity contribution >= 4 is 5.91 Å². The van der Waals surface area contributed by atoms with Crippen LogP contribution in [0.2, 0.25) is 0 Å². The molecule has 19 heavy (non-hydrogen) atoms. The van der Waals surface area contributed by atoms with Crippen LogP contribution in [-0.4, -0.2) is 51.0 Å². The third kappa shape index (κ3) is 4.44. The van der Waals surface area contributed by atoms with Crippen molar-refractivity contribution in [3.05, 3.63) is 0 Å². The molecule has 5 heteroatoms. The van der Waals surface area contributed by atoms with E-state index in [1.807, 2.05) is 0 Å². The van der Waals surface area contributed by atoms with E-state index in [2.05, 4.69) is 10.6 Å². The molecule has 2 rings (SSSR count). The zero-order valence-electron chi connectivity index (χ0n) is 11.9. The van der Waals surface area contributed by atoms with Gasteiger partial charge < -0.3 is 20.1 Å². The second-order valence-corrected chi connectivity index (χ2v) is 5.70. The van der Waals surface area contributed by atoms with Crippen molar-refractivity contribution in [2.75, 3.05) is 33.4 Å². The third-order valence-electron chi connectivity index (χ3n) is 4.20. The molecule has 2 N–H and O–H groups in total. The van der Waals surface area contributed by atoms with Crippen molar-refractivity contribution < 1.29 is 14.3 Å². The highest BCUT2D eigenvalue weighted by molar-refractivity contribution is 5.78. The van der Waals surface area contributed by atoms with Gasteiger partial charge in [-0.25, -0.2) is 0 Å². The largest absolute Gasteiger partial charge is 0.378 e. The zero-order valence-corrected chi connectivity index (χ0v) is 11.9. The van der Waals surface area contributed by atoms with Gasteiger partial charge in [-0.15, -0.1) is 0 Å². The highest BCUT2D eigenvalue weighted by Gasteiger charge is 2.34. The van der Waals surface area contributed by atoms with Gasteiger partial charge in [-0.2, -0.15) is 0 Å². The van der Waals surface area contributed by atoms with Crippen molar-refractivity contribution in [2.24, 2.45) is 0 Å². The van der Waals surface area contributed by atoms with Crippen LogP contribution in [0, 0.1) is 0 Å². The summed E-state index contributed by atoms with van der Waals surface area (Å²) >= 11 is 0. The summed E-state index contributed by atoms with van der Waals surface area (Å²) in [5.74, 6) is 0.0945. The standard InChI is InChI=1S/C14H26N2O3/c1-18-14(7-8-19-11-14)10-15-9-13(17)16-12-5-3-2-4-6-12/h12,15H,2-11H2,1H3,(H,16,17). The molecule has 1 heterocycles. The maximum absolute atomic E-state index is 11.8. The third-order valence-corrected chi connectivity index (χ3v) is 4.20. The number of carbonyl (C=O) groups excluding carboxylic acids is 1. The lowest BCUT2D eigenvalue weighted by Crippen LogP contribution is -2.47. The Labute approximate surface area is 115 Å². The SMILES string of the molecule is COC1(CNCC(=O)NC2CCCCC2)CCOC1.